The molecule has 0 spiro atoms. The van der Waals surface area contributed by atoms with E-state index < -0.39 is 5.95 Å². The molecule has 0 atom stereocenters. The predicted molar refractivity (Wildman–Crippen MR) is 43.0 cm³/mol. The largest absolute Gasteiger partial charge is 0.288 e. The standard InChI is InChI=1S/C6H6FNO.C2H6/c1-8-5(7)3-2-4-6(8)9;1-2/h2-4H,1H3;1-2H3. The van der Waals surface area contributed by atoms with Gasteiger partial charge in [-0.3, -0.25) is 9.36 Å². The number of hydrogen-bond acceptors (Lipinski definition) is 1. The van der Waals surface area contributed by atoms with E-state index in [0.29, 0.717) is 0 Å². The van der Waals surface area contributed by atoms with E-state index in [4.69, 9.17) is 0 Å². The molecule has 1 heterocycles. The number of halogens is 1. The van der Waals surface area contributed by atoms with Gasteiger partial charge in [-0.1, -0.05) is 19.9 Å². The lowest BCUT2D eigenvalue weighted by molar-refractivity contribution is 0.515. The zero-order chi connectivity index (χ0) is 8.85. The fraction of sp³-hybridized carbons (Fsp3) is 0.375. The molecule has 0 saturated carbocycles. The predicted octanol–water partition coefficient (Wildman–Crippen LogP) is 1.55. The highest BCUT2D eigenvalue weighted by molar-refractivity contribution is 4.94. The average Bonchev–Trinajstić information content (AvgIpc) is 2.04. The lowest BCUT2D eigenvalue weighted by Crippen LogP contribution is -2.17. The third kappa shape index (κ3) is 2.53. The summed E-state index contributed by atoms with van der Waals surface area (Å²) >= 11 is 0. The highest BCUT2D eigenvalue weighted by Crippen LogP contribution is 1.87. The van der Waals surface area contributed by atoms with Crippen molar-refractivity contribution >= 4 is 0 Å². The Morgan fingerprint density at radius 2 is 1.91 bits per heavy atom. The van der Waals surface area contributed by atoms with Crippen molar-refractivity contribution in [2.75, 3.05) is 0 Å². The second kappa shape index (κ2) is 4.66. The molecule has 0 saturated heterocycles. The van der Waals surface area contributed by atoms with Crippen molar-refractivity contribution in [3.8, 4) is 0 Å². The van der Waals surface area contributed by atoms with E-state index in [2.05, 4.69) is 0 Å². The van der Waals surface area contributed by atoms with Crippen molar-refractivity contribution in [2.45, 2.75) is 13.8 Å². The minimum absolute atomic E-state index is 0.324. The van der Waals surface area contributed by atoms with Gasteiger partial charge < -0.3 is 0 Å². The maximum atomic E-state index is 12.3. The van der Waals surface area contributed by atoms with Gasteiger partial charge in [0.1, 0.15) is 0 Å². The fourth-order valence-corrected chi connectivity index (χ4v) is 0.539. The first-order valence-electron chi connectivity index (χ1n) is 3.53. The molecular formula is C8H12FNO. The molecule has 0 amide bonds. The van der Waals surface area contributed by atoms with Crippen LogP contribution >= 0.6 is 0 Å². The molecule has 2 nitrogen and oxygen atoms in total. The molecule has 0 aliphatic carbocycles. The van der Waals surface area contributed by atoms with E-state index in [-0.39, 0.29) is 5.56 Å². The summed E-state index contributed by atoms with van der Waals surface area (Å²) in [6, 6.07) is 3.93. The number of hydrogen-bond donors (Lipinski definition) is 0. The van der Waals surface area contributed by atoms with Crippen molar-refractivity contribution in [3.63, 3.8) is 0 Å². The summed E-state index contributed by atoms with van der Waals surface area (Å²) in [6.07, 6.45) is 0. The third-order valence-electron chi connectivity index (χ3n) is 1.12. The Morgan fingerprint density at radius 1 is 1.36 bits per heavy atom. The molecule has 3 heteroatoms. The van der Waals surface area contributed by atoms with E-state index >= 15 is 0 Å². The SMILES string of the molecule is CC.Cn1c(F)cccc1=O. The Bertz CT molecular complexity index is 267. The van der Waals surface area contributed by atoms with E-state index in [9.17, 15) is 9.18 Å². The number of aromatic nitrogens is 1. The lowest BCUT2D eigenvalue weighted by atomic mass is 10.5. The second-order valence-corrected chi connectivity index (χ2v) is 1.75. The first kappa shape index (κ1) is 9.88. The maximum Gasteiger partial charge on any atom is 0.252 e. The molecule has 0 unspecified atom stereocenters. The average molecular weight is 157 g/mol. The summed E-state index contributed by atoms with van der Waals surface area (Å²) in [7, 11) is 1.39. The molecule has 1 aromatic heterocycles. The molecule has 0 radical (unpaired) electrons. The minimum Gasteiger partial charge on any atom is -0.288 e. The number of rotatable bonds is 0. The van der Waals surface area contributed by atoms with Crippen LogP contribution in [0.5, 0.6) is 0 Å². The maximum absolute atomic E-state index is 12.3. The van der Waals surface area contributed by atoms with Crippen LogP contribution in [0.1, 0.15) is 13.8 Å². The monoisotopic (exact) mass is 157 g/mol. The van der Waals surface area contributed by atoms with Gasteiger partial charge in [0.15, 0.2) is 5.95 Å². The molecular weight excluding hydrogens is 145 g/mol. The Morgan fingerprint density at radius 3 is 2.27 bits per heavy atom. The van der Waals surface area contributed by atoms with Gasteiger partial charge in [-0.15, -0.1) is 0 Å². The van der Waals surface area contributed by atoms with Crippen molar-refractivity contribution in [2.24, 2.45) is 7.05 Å². The third-order valence-corrected chi connectivity index (χ3v) is 1.12. The van der Waals surface area contributed by atoms with Crippen LogP contribution in [-0.2, 0) is 7.05 Å². The van der Waals surface area contributed by atoms with E-state index in [0.717, 1.165) is 4.57 Å². The topological polar surface area (TPSA) is 22.0 Å². The van der Waals surface area contributed by atoms with Crippen molar-refractivity contribution < 1.29 is 4.39 Å². The molecule has 0 aliphatic heterocycles. The normalized spacial score (nSPS) is 8.36. The van der Waals surface area contributed by atoms with Crippen LogP contribution < -0.4 is 5.56 Å². The highest BCUT2D eigenvalue weighted by Gasteiger charge is 1.92. The van der Waals surface area contributed by atoms with Crippen LogP contribution in [0.4, 0.5) is 4.39 Å². The summed E-state index contributed by atoms with van der Waals surface area (Å²) in [4.78, 5) is 10.6. The van der Waals surface area contributed by atoms with E-state index in [1.807, 2.05) is 13.8 Å². The molecule has 1 rings (SSSR count). The molecule has 0 N–H and O–H groups in total. The summed E-state index contributed by atoms with van der Waals surface area (Å²) in [5.74, 6) is -0.512. The first-order chi connectivity index (χ1) is 5.22. The van der Waals surface area contributed by atoms with Gasteiger partial charge in [-0.2, -0.15) is 4.39 Å². The van der Waals surface area contributed by atoms with E-state index in [1.165, 1.54) is 25.2 Å². The van der Waals surface area contributed by atoms with Gasteiger partial charge in [0.25, 0.3) is 5.56 Å². The van der Waals surface area contributed by atoms with Crippen LogP contribution in [0.15, 0.2) is 23.0 Å². The van der Waals surface area contributed by atoms with Crippen molar-refractivity contribution in [1.82, 2.24) is 4.57 Å². The molecule has 0 aromatic carbocycles. The van der Waals surface area contributed by atoms with Crippen molar-refractivity contribution in [1.29, 1.82) is 0 Å². The summed E-state index contributed by atoms with van der Waals surface area (Å²) in [5.41, 5.74) is -0.324. The summed E-state index contributed by atoms with van der Waals surface area (Å²) in [5, 5.41) is 0. The Balaban J connectivity index is 0.000000461. The second-order valence-electron chi connectivity index (χ2n) is 1.75. The van der Waals surface area contributed by atoms with Crippen LogP contribution in [0.3, 0.4) is 0 Å². The summed E-state index contributed by atoms with van der Waals surface area (Å²) < 4.78 is 13.3. The van der Waals surface area contributed by atoms with Crippen LogP contribution in [-0.4, -0.2) is 4.57 Å². The van der Waals surface area contributed by atoms with Crippen molar-refractivity contribution in [3.05, 3.63) is 34.5 Å². The number of pyridine rings is 1. The highest BCUT2D eigenvalue weighted by atomic mass is 19.1. The van der Waals surface area contributed by atoms with Gasteiger partial charge in [0.2, 0.25) is 0 Å². The molecule has 1 aromatic rings. The van der Waals surface area contributed by atoms with Gasteiger partial charge in [-0.25, -0.2) is 0 Å². The van der Waals surface area contributed by atoms with Gasteiger partial charge >= 0.3 is 0 Å². The molecule has 0 bridgehead atoms. The first-order valence-corrected chi connectivity index (χ1v) is 3.53. The van der Waals surface area contributed by atoms with E-state index in [1.54, 1.807) is 0 Å². The smallest absolute Gasteiger partial charge is 0.252 e. The van der Waals surface area contributed by atoms with Gasteiger partial charge in [0, 0.05) is 13.1 Å². The van der Waals surface area contributed by atoms with Crippen LogP contribution in [0, 0.1) is 5.95 Å². The quantitative estimate of drug-likeness (QED) is 0.524. The number of nitrogens with zero attached hydrogens (tertiary/aromatic N) is 1. The zero-order valence-electron chi connectivity index (χ0n) is 6.97. The Hall–Kier alpha value is -1.12. The fourth-order valence-electron chi connectivity index (χ4n) is 0.539. The van der Waals surface area contributed by atoms with Gasteiger partial charge in [-0.05, 0) is 6.07 Å². The molecule has 0 fully saturated rings. The summed E-state index contributed by atoms with van der Waals surface area (Å²) in [6.45, 7) is 4.00. The lowest BCUT2D eigenvalue weighted by Gasteiger charge is -1.94. The Labute approximate surface area is 65.3 Å². The minimum atomic E-state index is -0.512. The molecule has 0 aliphatic rings. The Kier molecular flexibility index (Phi) is 4.18. The molecule has 62 valence electrons. The van der Waals surface area contributed by atoms with Gasteiger partial charge in [0.05, 0.1) is 0 Å². The van der Waals surface area contributed by atoms with Crippen LogP contribution in [0.2, 0.25) is 0 Å². The zero-order valence-corrected chi connectivity index (χ0v) is 6.97. The molecule has 11 heavy (non-hydrogen) atoms. The van der Waals surface area contributed by atoms with Crippen LogP contribution in [0.25, 0.3) is 0 Å².